The van der Waals surface area contributed by atoms with Crippen molar-refractivity contribution in [1.29, 1.82) is 0 Å². The molecule has 2 N–H and O–H groups in total. The van der Waals surface area contributed by atoms with Gasteiger partial charge in [-0.15, -0.1) is 0 Å². The van der Waals surface area contributed by atoms with E-state index in [9.17, 15) is 9.59 Å². The van der Waals surface area contributed by atoms with Gasteiger partial charge in [-0.3, -0.25) is 14.5 Å². The number of carbonyl (C=O) groups is 2. The van der Waals surface area contributed by atoms with Gasteiger partial charge in [0.05, 0.1) is 6.04 Å². The summed E-state index contributed by atoms with van der Waals surface area (Å²) < 4.78 is 0. The largest absolute Gasteiger partial charge is 0.341 e. The Labute approximate surface area is 149 Å². The maximum absolute atomic E-state index is 12.6. The van der Waals surface area contributed by atoms with Gasteiger partial charge in [0, 0.05) is 51.4 Å². The van der Waals surface area contributed by atoms with Crippen molar-refractivity contribution < 1.29 is 9.59 Å². The summed E-state index contributed by atoms with van der Waals surface area (Å²) in [4.78, 5) is 31.2. The lowest BCUT2D eigenvalue weighted by atomic mass is 10.1. The van der Waals surface area contributed by atoms with Crippen molar-refractivity contribution in [3.05, 3.63) is 35.4 Å². The van der Waals surface area contributed by atoms with Crippen molar-refractivity contribution in [3.8, 4) is 0 Å². The first-order valence-electron chi connectivity index (χ1n) is 9.21. The molecule has 2 heterocycles. The minimum absolute atomic E-state index is 0.0572. The molecule has 25 heavy (non-hydrogen) atoms. The van der Waals surface area contributed by atoms with Gasteiger partial charge < -0.3 is 15.5 Å². The van der Waals surface area contributed by atoms with E-state index in [0.717, 1.165) is 44.6 Å². The van der Waals surface area contributed by atoms with E-state index in [1.165, 1.54) is 0 Å². The average Bonchev–Trinajstić information content (AvgIpc) is 3.21. The fourth-order valence-corrected chi connectivity index (χ4v) is 3.64. The lowest BCUT2D eigenvalue weighted by Crippen LogP contribution is -2.55. The van der Waals surface area contributed by atoms with Gasteiger partial charge in [-0.1, -0.05) is 12.1 Å². The van der Waals surface area contributed by atoms with E-state index in [2.05, 4.69) is 4.90 Å². The normalized spacial score (nSPS) is 19.9. The van der Waals surface area contributed by atoms with Crippen molar-refractivity contribution in [2.24, 2.45) is 5.73 Å². The second kappa shape index (κ2) is 7.97. The molecule has 0 radical (unpaired) electrons. The highest BCUT2D eigenvalue weighted by atomic mass is 16.2. The van der Waals surface area contributed by atoms with Crippen molar-refractivity contribution >= 4 is 11.8 Å². The van der Waals surface area contributed by atoms with Crippen LogP contribution in [0.2, 0.25) is 0 Å². The second-order valence-electron chi connectivity index (χ2n) is 6.94. The van der Waals surface area contributed by atoms with Crippen molar-refractivity contribution in [2.45, 2.75) is 32.4 Å². The molecule has 2 amide bonds. The standard InChI is InChI=1S/C19H28N4O2/c1-15(18(24)22-8-2-3-9-22)21-10-12-23(13-11-21)19(25)17-6-4-16(14-20)5-7-17/h4-7,15H,2-3,8-14,20H2,1H3. The van der Waals surface area contributed by atoms with Gasteiger partial charge in [0.1, 0.15) is 0 Å². The molecule has 2 saturated heterocycles. The molecule has 0 saturated carbocycles. The fourth-order valence-electron chi connectivity index (χ4n) is 3.64. The highest BCUT2D eigenvalue weighted by Gasteiger charge is 2.31. The van der Waals surface area contributed by atoms with E-state index in [4.69, 9.17) is 5.73 Å². The van der Waals surface area contributed by atoms with Gasteiger partial charge in [0.25, 0.3) is 5.91 Å². The first kappa shape index (κ1) is 17.9. The Balaban J connectivity index is 1.53. The topological polar surface area (TPSA) is 69.9 Å². The van der Waals surface area contributed by atoms with Crippen LogP contribution < -0.4 is 5.73 Å². The van der Waals surface area contributed by atoms with Crippen molar-refractivity contribution in [1.82, 2.24) is 14.7 Å². The van der Waals surface area contributed by atoms with E-state index in [1.54, 1.807) is 0 Å². The summed E-state index contributed by atoms with van der Waals surface area (Å²) in [6.07, 6.45) is 2.23. The summed E-state index contributed by atoms with van der Waals surface area (Å²) in [5.74, 6) is 0.288. The van der Waals surface area contributed by atoms with Gasteiger partial charge >= 0.3 is 0 Å². The molecule has 2 aliphatic heterocycles. The lowest BCUT2D eigenvalue weighted by Gasteiger charge is -2.38. The molecule has 6 nitrogen and oxygen atoms in total. The molecule has 0 aliphatic carbocycles. The summed E-state index contributed by atoms with van der Waals surface area (Å²) in [5, 5.41) is 0. The Morgan fingerprint density at radius 1 is 0.960 bits per heavy atom. The Hall–Kier alpha value is -1.92. The zero-order chi connectivity index (χ0) is 17.8. The van der Waals surface area contributed by atoms with E-state index in [0.29, 0.717) is 25.2 Å². The van der Waals surface area contributed by atoms with E-state index < -0.39 is 0 Å². The van der Waals surface area contributed by atoms with Crippen LogP contribution in [0.4, 0.5) is 0 Å². The molecule has 2 aliphatic rings. The average molecular weight is 344 g/mol. The number of nitrogens with two attached hydrogens (primary N) is 1. The summed E-state index contributed by atoms with van der Waals surface area (Å²) in [5.41, 5.74) is 7.32. The summed E-state index contributed by atoms with van der Waals surface area (Å²) in [7, 11) is 0. The molecule has 3 rings (SSSR count). The third-order valence-corrected chi connectivity index (χ3v) is 5.36. The predicted molar refractivity (Wildman–Crippen MR) is 97.1 cm³/mol. The van der Waals surface area contributed by atoms with Gasteiger partial charge in [0.2, 0.25) is 5.91 Å². The van der Waals surface area contributed by atoms with Gasteiger partial charge in [-0.2, -0.15) is 0 Å². The molecule has 0 aromatic heterocycles. The highest BCUT2D eigenvalue weighted by Crippen LogP contribution is 2.15. The molecule has 0 spiro atoms. The Kier molecular flexibility index (Phi) is 5.71. The zero-order valence-corrected chi connectivity index (χ0v) is 15.0. The number of carbonyl (C=O) groups excluding carboxylic acids is 2. The molecule has 136 valence electrons. The Bertz CT molecular complexity index is 602. The monoisotopic (exact) mass is 344 g/mol. The number of benzene rings is 1. The molecular formula is C19H28N4O2. The van der Waals surface area contributed by atoms with E-state index in [1.807, 2.05) is 41.0 Å². The minimum atomic E-state index is -0.0980. The molecule has 1 unspecified atom stereocenters. The number of hydrogen-bond donors (Lipinski definition) is 1. The van der Waals surface area contributed by atoms with Gasteiger partial charge in [0.15, 0.2) is 0 Å². The molecule has 1 atom stereocenters. The first-order chi connectivity index (χ1) is 12.1. The molecule has 1 aromatic rings. The highest BCUT2D eigenvalue weighted by molar-refractivity contribution is 5.94. The summed E-state index contributed by atoms with van der Waals surface area (Å²) >= 11 is 0. The number of amides is 2. The van der Waals surface area contributed by atoms with Crippen LogP contribution in [0.3, 0.4) is 0 Å². The van der Waals surface area contributed by atoms with Crippen LogP contribution in [0.25, 0.3) is 0 Å². The molecule has 1 aromatic carbocycles. The van der Waals surface area contributed by atoms with Gasteiger partial charge in [-0.05, 0) is 37.5 Å². The maximum atomic E-state index is 12.6. The van der Waals surface area contributed by atoms with Crippen LogP contribution >= 0.6 is 0 Å². The molecule has 2 fully saturated rings. The predicted octanol–water partition coefficient (Wildman–Crippen LogP) is 0.914. The van der Waals surface area contributed by atoms with Gasteiger partial charge in [-0.25, -0.2) is 0 Å². The number of nitrogens with zero attached hydrogens (tertiary/aromatic N) is 3. The number of likely N-dealkylation sites (tertiary alicyclic amines) is 1. The summed E-state index contributed by atoms with van der Waals surface area (Å²) in [6.45, 7) is 7.06. The molecule has 0 bridgehead atoms. The van der Waals surface area contributed by atoms with Crippen LogP contribution in [-0.2, 0) is 11.3 Å². The van der Waals surface area contributed by atoms with E-state index >= 15 is 0 Å². The van der Waals surface area contributed by atoms with Crippen LogP contribution in [0, 0.1) is 0 Å². The third kappa shape index (κ3) is 4.02. The smallest absolute Gasteiger partial charge is 0.253 e. The minimum Gasteiger partial charge on any atom is -0.341 e. The lowest BCUT2D eigenvalue weighted by molar-refractivity contribution is -0.135. The summed E-state index contributed by atoms with van der Waals surface area (Å²) in [6, 6.07) is 7.40. The van der Waals surface area contributed by atoms with Crippen LogP contribution in [0.15, 0.2) is 24.3 Å². The first-order valence-corrected chi connectivity index (χ1v) is 9.21. The Morgan fingerprint density at radius 2 is 1.56 bits per heavy atom. The van der Waals surface area contributed by atoms with Crippen LogP contribution in [0.5, 0.6) is 0 Å². The number of rotatable bonds is 4. The number of piperazine rings is 1. The fraction of sp³-hybridized carbons (Fsp3) is 0.579. The quantitative estimate of drug-likeness (QED) is 0.882. The Morgan fingerprint density at radius 3 is 2.12 bits per heavy atom. The third-order valence-electron chi connectivity index (χ3n) is 5.36. The van der Waals surface area contributed by atoms with Crippen molar-refractivity contribution in [3.63, 3.8) is 0 Å². The maximum Gasteiger partial charge on any atom is 0.253 e. The number of hydrogen-bond acceptors (Lipinski definition) is 4. The molecular weight excluding hydrogens is 316 g/mol. The van der Waals surface area contributed by atoms with Crippen LogP contribution in [-0.4, -0.2) is 71.8 Å². The van der Waals surface area contributed by atoms with E-state index in [-0.39, 0.29) is 17.9 Å². The van der Waals surface area contributed by atoms with Crippen molar-refractivity contribution in [2.75, 3.05) is 39.3 Å². The van der Waals surface area contributed by atoms with Crippen LogP contribution in [0.1, 0.15) is 35.7 Å². The SMILES string of the molecule is CC(C(=O)N1CCCC1)N1CCN(C(=O)c2ccc(CN)cc2)CC1. The zero-order valence-electron chi connectivity index (χ0n) is 15.0. The molecule has 6 heteroatoms. The second-order valence-corrected chi connectivity index (χ2v) is 6.94.